The van der Waals surface area contributed by atoms with Gasteiger partial charge in [0.15, 0.2) is 0 Å². The predicted molar refractivity (Wildman–Crippen MR) is 77.7 cm³/mol. The van der Waals surface area contributed by atoms with Crippen LogP contribution in [-0.2, 0) is 4.74 Å². The molecule has 1 N–H and O–H groups in total. The molecule has 21 heavy (non-hydrogen) atoms. The van der Waals surface area contributed by atoms with Crippen molar-refractivity contribution in [1.29, 1.82) is 0 Å². The fraction of sp³-hybridized carbons (Fsp3) is 0.133. The summed E-state index contributed by atoms with van der Waals surface area (Å²) in [6, 6.07) is 9.70. The zero-order valence-corrected chi connectivity index (χ0v) is 12.1. The second kappa shape index (κ2) is 6.90. The maximum absolute atomic E-state index is 11.8. The molecular weight excluding hydrogens is 290 g/mol. The van der Waals surface area contributed by atoms with Gasteiger partial charge in [-0.15, -0.1) is 0 Å². The van der Waals surface area contributed by atoms with Gasteiger partial charge in [-0.25, -0.2) is 14.6 Å². The molecule has 0 atom stereocenters. The quantitative estimate of drug-likeness (QED) is 0.855. The summed E-state index contributed by atoms with van der Waals surface area (Å²) in [6.45, 7) is 2.04. The Hall–Kier alpha value is -2.34. The van der Waals surface area contributed by atoms with Crippen molar-refractivity contribution in [3.63, 3.8) is 0 Å². The zero-order valence-electron chi connectivity index (χ0n) is 11.3. The Morgan fingerprint density at radius 3 is 2.57 bits per heavy atom. The fourth-order valence-corrected chi connectivity index (χ4v) is 2.48. The van der Waals surface area contributed by atoms with E-state index in [0.717, 1.165) is 4.90 Å². The number of aromatic carboxylic acids is 1. The molecular formula is C15H13NO4S. The van der Waals surface area contributed by atoms with Crippen LogP contribution in [0.2, 0.25) is 0 Å². The van der Waals surface area contributed by atoms with Gasteiger partial charge in [-0.3, -0.25) is 0 Å². The number of carboxylic acids is 1. The number of esters is 1. The van der Waals surface area contributed by atoms with Gasteiger partial charge in [0.1, 0.15) is 5.03 Å². The molecule has 0 aliphatic heterocycles. The summed E-state index contributed by atoms with van der Waals surface area (Å²) in [4.78, 5) is 27.6. The summed E-state index contributed by atoms with van der Waals surface area (Å²) in [5, 5.41) is 9.39. The summed E-state index contributed by atoms with van der Waals surface area (Å²) in [7, 11) is 0. The first-order valence-corrected chi connectivity index (χ1v) is 7.07. The number of nitrogens with zero attached hydrogens (tertiary/aromatic N) is 1. The van der Waals surface area contributed by atoms with Crippen molar-refractivity contribution in [1.82, 2.24) is 4.98 Å². The largest absolute Gasteiger partial charge is 0.478 e. The molecule has 2 rings (SSSR count). The fourth-order valence-electron chi connectivity index (χ4n) is 1.61. The van der Waals surface area contributed by atoms with Gasteiger partial charge in [0, 0.05) is 11.1 Å². The van der Waals surface area contributed by atoms with Gasteiger partial charge >= 0.3 is 11.9 Å². The lowest BCUT2D eigenvalue weighted by Crippen LogP contribution is -2.06. The number of carboxylic acid groups (broad SMARTS) is 1. The highest BCUT2D eigenvalue weighted by atomic mass is 32.2. The van der Waals surface area contributed by atoms with E-state index in [2.05, 4.69) is 4.98 Å². The highest BCUT2D eigenvalue weighted by Gasteiger charge is 2.14. The number of hydrogen-bond acceptors (Lipinski definition) is 5. The minimum absolute atomic E-state index is 0.214. The van der Waals surface area contributed by atoms with Crippen LogP contribution in [0.1, 0.15) is 27.6 Å². The van der Waals surface area contributed by atoms with Gasteiger partial charge in [-0.2, -0.15) is 0 Å². The molecule has 1 aromatic carbocycles. The van der Waals surface area contributed by atoms with Crippen LogP contribution in [0.15, 0.2) is 52.5 Å². The molecule has 0 spiro atoms. The molecule has 0 saturated carbocycles. The van der Waals surface area contributed by atoms with Crippen LogP contribution in [0.5, 0.6) is 0 Å². The molecule has 0 saturated heterocycles. The summed E-state index contributed by atoms with van der Waals surface area (Å²) in [6.07, 6.45) is 1.59. The molecule has 5 nitrogen and oxygen atoms in total. The first kappa shape index (κ1) is 15.1. The number of carbonyl (C=O) groups is 2. The van der Waals surface area contributed by atoms with E-state index in [-0.39, 0.29) is 5.56 Å². The average Bonchev–Trinajstić information content (AvgIpc) is 2.48. The second-order valence-corrected chi connectivity index (χ2v) is 5.07. The van der Waals surface area contributed by atoms with Crippen molar-refractivity contribution in [3.8, 4) is 0 Å². The van der Waals surface area contributed by atoms with Gasteiger partial charge in [0.05, 0.1) is 17.7 Å². The molecule has 0 aliphatic rings. The maximum atomic E-state index is 11.8. The van der Waals surface area contributed by atoms with Crippen LogP contribution in [0.3, 0.4) is 0 Å². The van der Waals surface area contributed by atoms with Crippen molar-refractivity contribution in [3.05, 3.63) is 53.7 Å². The summed E-state index contributed by atoms with van der Waals surface area (Å²) >= 11 is 1.28. The van der Waals surface area contributed by atoms with Crippen LogP contribution < -0.4 is 0 Å². The smallest absolute Gasteiger partial charge is 0.340 e. The highest BCUT2D eigenvalue weighted by Crippen LogP contribution is 2.29. The molecule has 0 bridgehead atoms. The van der Waals surface area contributed by atoms with E-state index in [1.807, 2.05) is 0 Å². The molecule has 0 unspecified atom stereocenters. The maximum Gasteiger partial charge on any atom is 0.340 e. The summed E-state index contributed by atoms with van der Waals surface area (Å²) in [5.74, 6) is -1.40. The minimum Gasteiger partial charge on any atom is -0.478 e. The first-order chi connectivity index (χ1) is 10.1. The van der Waals surface area contributed by atoms with Crippen LogP contribution >= 0.6 is 11.8 Å². The Labute approximate surface area is 126 Å². The Morgan fingerprint density at radius 1 is 1.24 bits per heavy atom. The van der Waals surface area contributed by atoms with E-state index in [0.29, 0.717) is 17.2 Å². The van der Waals surface area contributed by atoms with Crippen molar-refractivity contribution in [2.45, 2.75) is 16.8 Å². The SMILES string of the molecule is CCOC(=O)c1cccnc1Sc1ccc(C(=O)O)cc1. The lowest BCUT2D eigenvalue weighted by molar-refractivity contribution is 0.0521. The van der Waals surface area contributed by atoms with Gasteiger partial charge in [0.2, 0.25) is 0 Å². The molecule has 0 aliphatic carbocycles. The molecule has 1 aromatic heterocycles. The standard InChI is InChI=1S/C15H13NO4S/c1-2-20-15(19)12-4-3-9-16-13(12)21-11-7-5-10(6-8-11)14(17)18/h3-9H,2H2,1H3,(H,17,18). The highest BCUT2D eigenvalue weighted by molar-refractivity contribution is 7.99. The van der Waals surface area contributed by atoms with Crippen LogP contribution in [-0.4, -0.2) is 28.6 Å². The minimum atomic E-state index is -0.975. The van der Waals surface area contributed by atoms with Gasteiger partial charge in [-0.05, 0) is 43.3 Å². The Morgan fingerprint density at radius 2 is 1.95 bits per heavy atom. The normalized spacial score (nSPS) is 10.1. The predicted octanol–water partition coefficient (Wildman–Crippen LogP) is 3.11. The third-order valence-corrected chi connectivity index (χ3v) is 3.61. The number of rotatable bonds is 5. The monoisotopic (exact) mass is 303 g/mol. The molecule has 0 radical (unpaired) electrons. The number of benzene rings is 1. The third kappa shape index (κ3) is 3.82. The topological polar surface area (TPSA) is 76.5 Å². The van der Waals surface area contributed by atoms with Gasteiger partial charge in [0.25, 0.3) is 0 Å². The van der Waals surface area contributed by atoms with Gasteiger partial charge < -0.3 is 9.84 Å². The van der Waals surface area contributed by atoms with Crippen LogP contribution in [0.4, 0.5) is 0 Å². The average molecular weight is 303 g/mol. The number of pyridine rings is 1. The molecule has 108 valence electrons. The lowest BCUT2D eigenvalue weighted by atomic mass is 10.2. The van der Waals surface area contributed by atoms with Crippen LogP contribution in [0.25, 0.3) is 0 Å². The Kier molecular flexibility index (Phi) is 4.94. The van der Waals surface area contributed by atoms with Crippen molar-refractivity contribution < 1.29 is 19.4 Å². The number of ether oxygens (including phenoxy) is 1. The van der Waals surface area contributed by atoms with Crippen molar-refractivity contribution >= 4 is 23.7 Å². The Bertz CT molecular complexity index is 655. The third-order valence-electron chi connectivity index (χ3n) is 2.58. The molecule has 1 heterocycles. The van der Waals surface area contributed by atoms with E-state index in [1.165, 1.54) is 23.9 Å². The number of carbonyl (C=O) groups excluding carboxylic acids is 1. The van der Waals surface area contributed by atoms with Crippen molar-refractivity contribution in [2.24, 2.45) is 0 Å². The summed E-state index contributed by atoms with van der Waals surface area (Å²) in [5.41, 5.74) is 0.609. The van der Waals surface area contributed by atoms with E-state index in [9.17, 15) is 9.59 Å². The van der Waals surface area contributed by atoms with Crippen LogP contribution in [0, 0.1) is 0 Å². The van der Waals surface area contributed by atoms with E-state index in [4.69, 9.17) is 9.84 Å². The molecule has 6 heteroatoms. The van der Waals surface area contributed by atoms with E-state index < -0.39 is 11.9 Å². The van der Waals surface area contributed by atoms with Crippen molar-refractivity contribution in [2.75, 3.05) is 6.61 Å². The number of aromatic nitrogens is 1. The van der Waals surface area contributed by atoms with Gasteiger partial charge in [-0.1, -0.05) is 11.8 Å². The van der Waals surface area contributed by atoms with E-state index >= 15 is 0 Å². The first-order valence-electron chi connectivity index (χ1n) is 6.25. The zero-order chi connectivity index (χ0) is 15.2. The summed E-state index contributed by atoms with van der Waals surface area (Å²) < 4.78 is 4.99. The van der Waals surface area contributed by atoms with E-state index in [1.54, 1.807) is 37.4 Å². The molecule has 0 fully saturated rings. The molecule has 0 amide bonds. The molecule has 2 aromatic rings. The Balaban J connectivity index is 2.23. The lowest BCUT2D eigenvalue weighted by Gasteiger charge is -2.07. The second-order valence-electron chi connectivity index (χ2n) is 4.01. The number of hydrogen-bond donors (Lipinski definition) is 1.